The van der Waals surface area contributed by atoms with Gasteiger partial charge in [0.05, 0.1) is 4.90 Å². The van der Waals surface area contributed by atoms with Gasteiger partial charge in [0.1, 0.15) is 0 Å². The van der Waals surface area contributed by atoms with Crippen LogP contribution in [0.1, 0.15) is 48.7 Å². The van der Waals surface area contributed by atoms with Crippen molar-refractivity contribution < 1.29 is 17.9 Å². The summed E-state index contributed by atoms with van der Waals surface area (Å²) >= 11 is 0. The molecule has 0 aliphatic heterocycles. The maximum Gasteiger partial charge on any atom is 0.251 e. The lowest BCUT2D eigenvalue weighted by Crippen LogP contribution is -2.25. The SMILES string of the molecule is COCCCNC(=O)c1ccc(CNS(=O)(=O)c2ccc(C(C)(C)C)cc2)cc1. The molecule has 0 bridgehead atoms. The van der Waals surface area contributed by atoms with E-state index in [1.165, 1.54) is 0 Å². The van der Waals surface area contributed by atoms with Crippen molar-refractivity contribution in [3.63, 3.8) is 0 Å². The topological polar surface area (TPSA) is 84.5 Å². The van der Waals surface area contributed by atoms with Gasteiger partial charge in [-0.2, -0.15) is 0 Å². The second-order valence-electron chi connectivity index (χ2n) is 7.90. The fourth-order valence-electron chi connectivity index (χ4n) is 2.69. The van der Waals surface area contributed by atoms with Crippen molar-refractivity contribution in [1.29, 1.82) is 0 Å². The predicted octanol–water partition coefficient (Wildman–Crippen LogP) is 3.23. The molecular formula is C22H30N2O4S. The van der Waals surface area contributed by atoms with Gasteiger partial charge in [-0.25, -0.2) is 13.1 Å². The highest BCUT2D eigenvalue weighted by Gasteiger charge is 2.17. The maximum atomic E-state index is 12.5. The van der Waals surface area contributed by atoms with E-state index in [4.69, 9.17) is 4.74 Å². The second kappa shape index (κ2) is 10.0. The third kappa shape index (κ3) is 6.96. The van der Waals surface area contributed by atoms with Crippen molar-refractivity contribution in [2.45, 2.75) is 44.0 Å². The number of benzene rings is 2. The van der Waals surface area contributed by atoms with Crippen LogP contribution in [0.2, 0.25) is 0 Å². The number of carbonyl (C=O) groups is 1. The molecule has 6 nitrogen and oxygen atoms in total. The van der Waals surface area contributed by atoms with Crippen molar-refractivity contribution in [1.82, 2.24) is 10.0 Å². The van der Waals surface area contributed by atoms with Gasteiger partial charge in [0, 0.05) is 32.4 Å². The van der Waals surface area contributed by atoms with Crippen LogP contribution in [0.3, 0.4) is 0 Å². The Morgan fingerprint density at radius 1 is 1.00 bits per heavy atom. The van der Waals surface area contributed by atoms with Crippen LogP contribution in [-0.2, 0) is 26.7 Å². The summed E-state index contributed by atoms with van der Waals surface area (Å²) in [5.41, 5.74) is 2.35. The number of nitrogens with one attached hydrogen (secondary N) is 2. The van der Waals surface area contributed by atoms with Crippen molar-refractivity contribution in [3.8, 4) is 0 Å². The molecule has 2 N–H and O–H groups in total. The molecule has 0 saturated heterocycles. The molecule has 158 valence electrons. The Kier molecular flexibility index (Phi) is 7.96. The van der Waals surface area contributed by atoms with E-state index >= 15 is 0 Å². The van der Waals surface area contributed by atoms with Crippen molar-refractivity contribution in [3.05, 3.63) is 65.2 Å². The number of rotatable bonds is 9. The minimum atomic E-state index is -3.61. The summed E-state index contributed by atoms with van der Waals surface area (Å²) < 4.78 is 32.6. The molecule has 0 aliphatic rings. The average Bonchev–Trinajstić information content (AvgIpc) is 2.69. The van der Waals surface area contributed by atoms with Gasteiger partial charge in [-0.3, -0.25) is 4.79 Å². The van der Waals surface area contributed by atoms with Gasteiger partial charge in [0.2, 0.25) is 10.0 Å². The van der Waals surface area contributed by atoms with Crippen LogP contribution < -0.4 is 10.0 Å². The third-order valence-corrected chi connectivity index (χ3v) is 5.94. The average molecular weight is 419 g/mol. The molecule has 0 aromatic heterocycles. The van der Waals surface area contributed by atoms with E-state index in [1.54, 1.807) is 43.5 Å². The summed E-state index contributed by atoms with van der Waals surface area (Å²) in [6.07, 6.45) is 0.749. The fourth-order valence-corrected chi connectivity index (χ4v) is 3.71. The number of carbonyl (C=O) groups excluding carboxylic acids is 1. The van der Waals surface area contributed by atoms with E-state index in [-0.39, 0.29) is 22.8 Å². The van der Waals surface area contributed by atoms with Crippen molar-refractivity contribution in [2.75, 3.05) is 20.3 Å². The first kappa shape index (κ1) is 23.1. The van der Waals surface area contributed by atoms with Gasteiger partial charge in [-0.15, -0.1) is 0 Å². The zero-order valence-electron chi connectivity index (χ0n) is 17.5. The van der Waals surface area contributed by atoms with Crippen LogP contribution in [0.25, 0.3) is 0 Å². The first-order chi connectivity index (χ1) is 13.6. The molecule has 0 fully saturated rings. The highest BCUT2D eigenvalue weighted by Crippen LogP contribution is 2.23. The minimum absolute atomic E-state index is 0.0342. The maximum absolute atomic E-state index is 12.5. The van der Waals surface area contributed by atoms with Gasteiger partial charge in [-0.05, 0) is 47.2 Å². The van der Waals surface area contributed by atoms with Crippen LogP contribution in [0, 0.1) is 0 Å². The summed E-state index contributed by atoms with van der Waals surface area (Å²) in [4.78, 5) is 12.3. The van der Waals surface area contributed by atoms with E-state index in [9.17, 15) is 13.2 Å². The van der Waals surface area contributed by atoms with Crippen molar-refractivity contribution in [2.24, 2.45) is 0 Å². The van der Waals surface area contributed by atoms with Gasteiger partial charge in [0.15, 0.2) is 0 Å². The van der Waals surface area contributed by atoms with E-state index in [0.717, 1.165) is 17.5 Å². The molecule has 7 heteroatoms. The van der Waals surface area contributed by atoms with E-state index in [2.05, 4.69) is 30.8 Å². The third-order valence-electron chi connectivity index (χ3n) is 4.52. The molecule has 0 saturated carbocycles. The van der Waals surface area contributed by atoms with Crippen LogP contribution in [-0.4, -0.2) is 34.6 Å². The molecule has 2 aromatic carbocycles. The Bertz CT molecular complexity index is 899. The standard InChI is InChI=1S/C22H30N2O4S/c1-22(2,3)19-10-12-20(13-11-19)29(26,27)24-16-17-6-8-18(9-7-17)21(25)23-14-5-15-28-4/h6-13,24H,5,14-16H2,1-4H3,(H,23,25). The molecule has 2 rings (SSSR count). The summed E-state index contributed by atoms with van der Waals surface area (Å²) in [5.74, 6) is -0.160. The smallest absolute Gasteiger partial charge is 0.251 e. The Morgan fingerprint density at radius 3 is 2.17 bits per heavy atom. The fraction of sp³-hybridized carbons (Fsp3) is 0.409. The first-order valence-corrected chi connectivity index (χ1v) is 11.1. The molecule has 0 radical (unpaired) electrons. The van der Waals surface area contributed by atoms with Gasteiger partial charge in [-0.1, -0.05) is 45.0 Å². The van der Waals surface area contributed by atoms with Crippen LogP contribution in [0.5, 0.6) is 0 Å². The normalized spacial score (nSPS) is 12.0. The minimum Gasteiger partial charge on any atom is -0.385 e. The highest BCUT2D eigenvalue weighted by atomic mass is 32.2. The number of amides is 1. The number of hydrogen-bond acceptors (Lipinski definition) is 4. The highest BCUT2D eigenvalue weighted by molar-refractivity contribution is 7.89. The lowest BCUT2D eigenvalue weighted by molar-refractivity contribution is 0.0948. The van der Waals surface area contributed by atoms with Crippen LogP contribution in [0.4, 0.5) is 0 Å². The number of sulfonamides is 1. The Hall–Kier alpha value is -2.22. The van der Waals surface area contributed by atoms with Gasteiger partial charge >= 0.3 is 0 Å². The molecule has 0 unspecified atom stereocenters. The molecule has 0 spiro atoms. The van der Waals surface area contributed by atoms with Gasteiger partial charge < -0.3 is 10.1 Å². The predicted molar refractivity (Wildman–Crippen MR) is 114 cm³/mol. The number of hydrogen-bond donors (Lipinski definition) is 2. The quantitative estimate of drug-likeness (QED) is 0.613. The zero-order chi connectivity index (χ0) is 21.5. The van der Waals surface area contributed by atoms with E-state index in [1.807, 2.05) is 12.1 Å². The number of methoxy groups -OCH3 is 1. The van der Waals surface area contributed by atoms with Crippen molar-refractivity contribution >= 4 is 15.9 Å². The monoisotopic (exact) mass is 418 g/mol. The number of ether oxygens (including phenoxy) is 1. The summed E-state index contributed by atoms with van der Waals surface area (Å²) in [5, 5.41) is 2.82. The molecular weight excluding hydrogens is 388 g/mol. The molecule has 1 amide bonds. The van der Waals surface area contributed by atoms with Crippen LogP contribution >= 0.6 is 0 Å². The lowest BCUT2D eigenvalue weighted by atomic mass is 9.87. The summed E-state index contributed by atoms with van der Waals surface area (Å²) in [7, 11) is -1.99. The van der Waals surface area contributed by atoms with Gasteiger partial charge in [0.25, 0.3) is 5.91 Å². The molecule has 0 heterocycles. The second-order valence-corrected chi connectivity index (χ2v) is 9.67. The molecule has 0 aliphatic carbocycles. The molecule has 29 heavy (non-hydrogen) atoms. The van der Waals surface area contributed by atoms with E-state index in [0.29, 0.717) is 18.7 Å². The first-order valence-electron chi connectivity index (χ1n) is 9.60. The zero-order valence-corrected chi connectivity index (χ0v) is 18.3. The Morgan fingerprint density at radius 2 is 1.62 bits per heavy atom. The summed E-state index contributed by atoms with van der Waals surface area (Å²) in [6, 6.07) is 13.8. The van der Waals surface area contributed by atoms with Crippen LogP contribution in [0.15, 0.2) is 53.4 Å². The molecule has 2 aromatic rings. The summed E-state index contributed by atoms with van der Waals surface area (Å²) in [6.45, 7) is 7.54. The lowest BCUT2D eigenvalue weighted by Gasteiger charge is -2.19. The Labute approximate surface area is 173 Å². The molecule has 0 atom stereocenters. The largest absolute Gasteiger partial charge is 0.385 e. The Balaban J connectivity index is 1.94. The van der Waals surface area contributed by atoms with E-state index < -0.39 is 10.0 Å².